The first kappa shape index (κ1) is 21.3. The van der Waals surface area contributed by atoms with E-state index in [1.54, 1.807) is 43.0 Å². The van der Waals surface area contributed by atoms with Crippen molar-refractivity contribution >= 4 is 46.2 Å². The number of hydrogen-bond donors (Lipinski definition) is 0. The Hall–Kier alpha value is -2.44. The van der Waals surface area contributed by atoms with Gasteiger partial charge in [0.1, 0.15) is 11.5 Å². The number of carbonyl (C=O) groups is 1. The van der Waals surface area contributed by atoms with Crippen molar-refractivity contribution in [2.75, 3.05) is 26.5 Å². The monoisotopic (exact) mass is 430 g/mol. The van der Waals surface area contributed by atoms with Crippen LogP contribution in [0.4, 0.5) is 5.69 Å². The first-order valence-corrected chi connectivity index (χ1v) is 10.6. The summed E-state index contributed by atoms with van der Waals surface area (Å²) in [5, 5.41) is 1.35. The van der Waals surface area contributed by atoms with Crippen molar-refractivity contribution in [2.45, 2.75) is 13.3 Å². The molecule has 1 aliphatic rings. The molecule has 5 nitrogen and oxygen atoms in total. The van der Waals surface area contributed by atoms with E-state index in [9.17, 15) is 4.79 Å². The average Bonchev–Trinajstić information content (AvgIpc) is 2.74. The number of thioether (sulfide) groups is 1. The molecule has 2 aromatic rings. The number of nitrogens with zero attached hydrogens (tertiary/aromatic N) is 2. The first-order valence-electron chi connectivity index (χ1n) is 9.21. The van der Waals surface area contributed by atoms with Crippen LogP contribution in [0.3, 0.4) is 0 Å². The third kappa shape index (κ3) is 5.34. The van der Waals surface area contributed by atoms with Crippen LogP contribution >= 0.6 is 23.4 Å². The van der Waals surface area contributed by atoms with Gasteiger partial charge in [-0.3, -0.25) is 9.69 Å². The van der Waals surface area contributed by atoms with Crippen LogP contribution in [-0.4, -0.2) is 42.5 Å². The molecule has 0 radical (unpaired) electrons. The van der Waals surface area contributed by atoms with Crippen molar-refractivity contribution in [3.63, 3.8) is 0 Å². The lowest BCUT2D eigenvalue weighted by Gasteiger charge is -2.26. The minimum atomic E-state index is -0.126. The zero-order chi connectivity index (χ0) is 20.8. The number of rotatable bonds is 5. The Morgan fingerprint density at radius 3 is 2.76 bits per heavy atom. The molecule has 0 spiro atoms. The summed E-state index contributed by atoms with van der Waals surface area (Å²) in [6, 6.07) is 11.1. The molecule has 29 heavy (non-hydrogen) atoms. The molecule has 0 unspecified atom stereocenters. The predicted octanol–water partition coefficient (Wildman–Crippen LogP) is 5.33. The fourth-order valence-electron chi connectivity index (χ4n) is 2.84. The number of halogens is 1. The van der Waals surface area contributed by atoms with E-state index < -0.39 is 0 Å². The van der Waals surface area contributed by atoms with Gasteiger partial charge in [-0.1, -0.05) is 29.4 Å². The molecule has 0 N–H and O–H groups in total. The van der Waals surface area contributed by atoms with Gasteiger partial charge in [0, 0.05) is 29.0 Å². The van der Waals surface area contributed by atoms with Crippen LogP contribution in [0.5, 0.6) is 11.5 Å². The molecule has 1 amide bonds. The quantitative estimate of drug-likeness (QED) is 0.601. The van der Waals surface area contributed by atoms with Crippen LogP contribution in [0, 0.1) is 6.92 Å². The van der Waals surface area contributed by atoms with Gasteiger partial charge in [-0.2, -0.15) is 0 Å². The maximum absolute atomic E-state index is 12.9. The zero-order valence-electron chi connectivity index (χ0n) is 16.6. The SMILES string of the molecule is COc1ccc(OC)c(/C=C/C(=O)N2CCCSC2=Nc2ccc(C)c(Cl)c2)c1. The van der Waals surface area contributed by atoms with E-state index in [1.807, 2.05) is 43.3 Å². The molecular formula is C22H23ClN2O3S. The maximum Gasteiger partial charge on any atom is 0.252 e. The van der Waals surface area contributed by atoms with E-state index in [0.717, 1.165) is 29.0 Å². The summed E-state index contributed by atoms with van der Waals surface area (Å²) in [6.45, 7) is 2.58. The van der Waals surface area contributed by atoms with Gasteiger partial charge in [-0.05, 0) is 55.3 Å². The lowest BCUT2D eigenvalue weighted by Crippen LogP contribution is -2.38. The fourth-order valence-corrected chi connectivity index (χ4v) is 3.98. The third-order valence-corrected chi connectivity index (χ3v) is 5.95. The molecule has 2 aromatic carbocycles. The van der Waals surface area contributed by atoms with Gasteiger partial charge in [0.2, 0.25) is 0 Å². The number of aryl methyl sites for hydroxylation is 1. The topological polar surface area (TPSA) is 51.1 Å². The molecule has 1 fully saturated rings. The second-order valence-corrected chi connectivity index (χ2v) is 7.93. The van der Waals surface area contributed by atoms with Crippen molar-refractivity contribution < 1.29 is 14.3 Å². The highest BCUT2D eigenvalue weighted by Gasteiger charge is 2.22. The van der Waals surface area contributed by atoms with Crippen molar-refractivity contribution in [1.82, 2.24) is 4.90 Å². The molecule has 1 heterocycles. The van der Waals surface area contributed by atoms with Gasteiger partial charge < -0.3 is 9.47 Å². The van der Waals surface area contributed by atoms with Gasteiger partial charge in [0.15, 0.2) is 5.17 Å². The van der Waals surface area contributed by atoms with E-state index in [1.165, 1.54) is 0 Å². The molecule has 7 heteroatoms. The molecule has 1 saturated heterocycles. The number of aliphatic imine (C=N–C) groups is 1. The zero-order valence-corrected chi connectivity index (χ0v) is 18.2. The third-order valence-electron chi connectivity index (χ3n) is 4.48. The summed E-state index contributed by atoms with van der Waals surface area (Å²) in [5.74, 6) is 2.17. The summed E-state index contributed by atoms with van der Waals surface area (Å²) >= 11 is 7.78. The molecule has 0 atom stereocenters. The number of hydrogen-bond acceptors (Lipinski definition) is 5. The van der Waals surface area contributed by atoms with Gasteiger partial charge in [-0.25, -0.2) is 4.99 Å². The lowest BCUT2D eigenvalue weighted by atomic mass is 10.1. The Morgan fingerprint density at radius 2 is 2.03 bits per heavy atom. The first-order chi connectivity index (χ1) is 14.0. The van der Waals surface area contributed by atoms with Crippen LogP contribution in [0.1, 0.15) is 17.5 Å². The molecule has 3 rings (SSSR count). The minimum Gasteiger partial charge on any atom is -0.497 e. The second-order valence-electron chi connectivity index (χ2n) is 6.46. The van der Waals surface area contributed by atoms with Crippen LogP contribution in [0.25, 0.3) is 6.08 Å². The summed E-state index contributed by atoms with van der Waals surface area (Å²) in [4.78, 5) is 19.3. The van der Waals surface area contributed by atoms with Gasteiger partial charge in [0.25, 0.3) is 5.91 Å². The highest BCUT2D eigenvalue weighted by atomic mass is 35.5. The highest BCUT2D eigenvalue weighted by molar-refractivity contribution is 8.13. The lowest BCUT2D eigenvalue weighted by molar-refractivity contribution is -0.122. The van der Waals surface area contributed by atoms with Crippen LogP contribution in [0.2, 0.25) is 5.02 Å². The summed E-state index contributed by atoms with van der Waals surface area (Å²) in [7, 11) is 3.20. The molecule has 0 saturated carbocycles. The van der Waals surface area contributed by atoms with Crippen molar-refractivity contribution in [3.8, 4) is 11.5 Å². The number of carbonyl (C=O) groups excluding carboxylic acids is 1. The summed E-state index contributed by atoms with van der Waals surface area (Å²) < 4.78 is 10.6. The molecule has 0 aliphatic carbocycles. The molecule has 0 bridgehead atoms. The molecule has 0 aromatic heterocycles. The number of benzene rings is 2. The Balaban J connectivity index is 1.83. The van der Waals surface area contributed by atoms with E-state index in [4.69, 9.17) is 21.1 Å². The maximum atomic E-state index is 12.9. The Labute approximate surface area is 180 Å². The normalized spacial score (nSPS) is 15.7. The van der Waals surface area contributed by atoms with Crippen LogP contribution in [-0.2, 0) is 4.79 Å². The fraction of sp³-hybridized carbons (Fsp3) is 0.273. The number of ether oxygens (including phenoxy) is 2. The smallest absolute Gasteiger partial charge is 0.252 e. The Bertz CT molecular complexity index is 959. The molecule has 1 aliphatic heterocycles. The van der Waals surface area contributed by atoms with Crippen LogP contribution < -0.4 is 9.47 Å². The van der Waals surface area contributed by atoms with E-state index in [-0.39, 0.29) is 5.91 Å². The Morgan fingerprint density at radius 1 is 1.21 bits per heavy atom. The standard InChI is InChI=1S/C22H23ClN2O3S/c1-15-5-7-17(14-19(15)23)24-22-25(11-4-12-29-22)21(26)10-6-16-13-18(27-2)8-9-20(16)28-3/h5-10,13-14H,4,11-12H2,1-3H3/b10-6+,24-22?. The van der Waals surface area contributed by atoms with E-state index in [2.05, 4.69) is 4.99 Å². The summed E-state index contributed by atoms with van der Waals surface area (Å²) in [5.41, 5.74) is 2.50. The van der Waals surface area contributed by atoms with E-state index >= 15 is 0 Å². The van der Waals surface area contributed by atoms with Gasteiger partial charge in [0.05, 0.1) is 19.9 Å². The predicted molar refractivity (Wildman–Crippen MR) is 121 cm³/mol. The van der Waals surface area contributed by atoms with Gasteiger partial charge in [-0.15, -0.1) is 0 Å². The van der Waals surface area contributed by atoms with Gasteiger partial charge >= 0.3 is 0 Å². The van der Waals surface area contributed by atoms with Crippen molar-refractivity contribution in [1.29, 1.82) is 0 Å². The van der Waals surface area contributed by atoms with Crippen LogP contribution in [0.15, 0.2) is 47.5 Å². The minimum absolute atomic E-state index is 0.126. The van der Waals surface area contributed by atoms with E-state index in [0.29, 0.717) is 28.2 Å². The van der Waals surface area contributed by atoms with Crippen molar-refractivity contribution in [3.05, 3.63) is 58.6 Å². The Kier molecular flexibility index (Phi) is 7.23. The highest BCUT2D eigenvalue weighted by Crippen LogP contribution is 2.28. The average molecular weight is 431 g/mol. The number of amides is 1. The number of methoxy groups -OCH3 is 2. The molecule has 152 valence electrons. The number of amidine groups is 1. The summed E-state index contributed by atoms with van der Waals surface area (Å²) in [6.07, 6.45) is 4.20. The largest absolute Gasteiger partial charge is 0.497 e. The van der Waals surface area contributed by atoms with Crippen molar-refractivity contribution in [2.24, 2.45) is 4.99 Å². The second kappa shape index (κ2) is 9.85. The molecular weight excluding hydrogens is 408 g/mol.